The molecular formula is C6H10O4Rb. The zero-order valence-corrected chi connectivity index (χ0v) is 11.5. The van der Waals surface area contributed by atoms with E-state index in [4.69, 9.17) is 10.2 Å². The monoisotopic (exact) mass is 231 g/mol. The molecule has 0 aliphatic heterocycles. The molecule has 4 nitrogen and oxygen atoms in total. The van der Waals surface area contributed by atoms with Crippen molar-refractivity contribution in [2.75, 3.05) is 0 Å². The third-order valence-electron chi connectivity index (χ3n) is 1.03. The van der Waals surface area contributed by atoms with Gasteiger partial charge in [-0.1, -0.05) is 0 Å². The Kier molecular flexibility index (Phi) is 11.5. The summed E-state index contributed by atoms with van der Waals surface area (Å²) in [6.07, 6.45) is 1.02. The third kappa shape index (κ3) is 13.7. The normalized spacial score (nSPS) is 8.36. The molecule has 0 saturated carbocycles. The van der Waals surface area contributed by atoms with Gasteiger partial charge in [-0.05, 0) is 12.8 Å². The molecule has 2 N–H and O–H groups in total. The van der Waals surface area contributed by atoms with Gasteiger partial charge in [0.25, 0.3) is 0 Å². The molecule has 0 spiro atoms. The van der Waals surface area contributed by atoms with E-state index in [-0.39, 0.29) is 71.0 Å². The number of aliphatic carboxylic acids is 2. The number of carboxylic acids is 2. The average Bonchev–Trinajstić information content (AvgIpc) is 1.79. The van der Waals surface area contributed by atoms with Crippen LogP contribution in [0.3, 0.4) is 0 Å². The molecule has 0 aliphatic rings. The van der Waals surface area contributed by atoms with E-state index in [1.165, 1.54) is 0 Å². The molecule has 0 aromatic heterocycles. The predicted molar refractivity (Wildman–Crippen MR) is 39.5 cm³/mol. The van der Waals surface area contributed by atoms with E-state index in [9.17, 15) is 9.59 Å². The number of hydrogen-bond donors (Lipinski definition) is 2. The average molecular weight is 232 g/mol. The van der Waals surface area contributed by atoms with Crippen molar-refractivity contribution in [1.29, 1.82) is 0 Å². The van der Waals surface area contributed by atoms with Crippen LogP contribution in [0.1, 0.15) is 25.7 Å². The van der Waals surface area contributed by atoms with Crippen LogP contribution in [0.15, 0.2) is 0 Å². The van der Waals surface area contributed by atoms with Crippen LogP contribution < -0.4 is 0 Å². The fraction of sp³-hybridized carbons (Fsp3) is 0.667. The summed E-state index contributed by atoms with van der Waals surface area (Å²) in [5, 5.41) is 16.3. The van der Waals surface area contributed by atoms with Crippen molar-refractivity contribution in [3.63, 3.8) is 0 Å². The molecule has 1 radical (unpaired) electrons. The largest absolute Gasteiger partial charge is 0.481 e. The van der Waals surface area contributed by atoms with Gasteiger partial charge in [-0.15, -0.1) is 0 Å². The van der Waals surface area contributed by atoms with Crippen molar-refractivity contribution in [3.05, 3.63) is 0 Å². The maximum atomic E-state index is 9.90. The van der Waals surface area contributed by atoms with Gasteiger partial charge < -0.3 is 10.2 Å². The first-order valence-corrected chi connectivity index (χ1v) is 3.06. The summed E-state index contributed by atoms with van der Waals surface area (Å²) in [4.78, 5) is 19.8. The van der Waals surface area contributed by atoms with E-state index in [2.05, 4.69) is 0 Å². The molecule has 0 amide bonds. The topological polar surface area (TPSA) is 74.6 Å². The second-order valence-corrected chi connectivity index (χ2v) is 1.99. The molecule has 11 heavy (non-hydrogen) atoms. The first-order chi connectivity index (χ1) is 4.63. The maximum absolute atomic E-state index is 9.90. The van der Waals surface area contributed by atoms with Gasteiger partial charge in [-0.3, -0.25) is 9.59 Å². The maximum Gasteiger partial charge on any atom is 0.303 e. The number of rotatable bonds is 5. The molecule has 0 aromatic rings. The van der Waals surface area contributed by atoms with Crippen molar-refractivity contribution in [2.24, 2.45) is 0 Å². The quantitative estimate of drug-likeness (QED) is 0.669. The van der Waals surface area contributed by atoms with Crippen molar-refractivity contribution < 1.29 is 19.8 Å². The standard InChI is InChI=1S/C6H10O4.Rb/c7-5(8)3-1-2-4-6(9)10;/h1-4H2,(H,7,8)(H,9,10);. The minimum Gasteiger partial charge on any atom is -0.481 e. The van der Waals surface area contributed by atoms with Crippen LogP contribution in [0.4, 0.5) is 0 Å². The van der Waals surface area contributed by atoms with Crippen molar-refractivity contribution in [2.45, 2.75) is 25.7 Å². The molecule has 0 atom stereocenters. The summed E-state index contributed by atoms with van der Waals surface area (Å²) in [6, 6.07) is 0. The summed E-state index contributed by atoms with van der Waals surface area (Å²) in [7, 11) is 0. The SMILES string of the molecule is O=C(O)CCCCC(=O)O.[Rb]. The van der Waals surface area contributed by atoms with E-state index < -0.39 is 11.9 Å². The van der Waals surface area contributed by atoms with Crippen molar-refractivity contribution in [1.82, 2.24) is 0 Å². The third-order valence-corrected chi connectivity index (χ3v) is 1.03. The Morgan fingerprint density at radius 2 is 1.18 bits per heavy atom. The van der Waals surface area contributed by atoms with Crippen LogP contribution in [0, 0.1) is 0 Å². The Hall–Kier alpha value is 0.745. The molecule has 0 rings (SSSR count). The van der Waals surface area contributed by atoms with Gasteiger partial charge in [0, 0.05) is 71.0 Å². The van der Waals surface area contributed by atoms with E-state index >= 15 is 0 Å². The van der Waals surface area contributed by atoms with Crippen molar-refractivity contribution in [3.8, 4) is 0 Å². The fourth-order valence-electron chi connectivity index (χ4n) is 0.552. The molecule has 0 fully saturated rings. The Labute approximate surface area is 114 Å². The Morgan fingerprint density at radius 1 is 0.909 bits per heavy atom. The number of hydrogen-bond acceptors (Lipinski definition) is 2. The smallest absolute Gasteiger partial charge is 0.303 e. The molecule has 0 aromatic carbocycles. The molecular weight excluding hydrogens is 222 g/mol. The van der Waals surface area contributed by atoms with Crippen LogP contribution in [0.5, 0.6) is 0 Å². The van der Waals surface area contributed by atoms with Gasteiger partial charge in [-0.2, -0.15) is 0 Å². The van der Waals surface area contributed by atoms with Crippen LogP contribution >= 0.6 is 0 Å². The van der Waals surface area contributed by atoms with Gasteiger partial charge in [0.2, 0.25) is 0 Å². The molecule has 0 unspecified atom stereocenters. The number of carbonyl (C=O) groups is 2. The van der Waals surface area contributed by atoms with Gasteiger partial charge in [0.05, 0.1) is 0 Å². The van der Waals surface area contributed by atoms with Crippen LogP contribution in [-0.4, -0.2) is 80.3 Å². The zero-order valence-electron chi connectivity index (χ0n) is 6.54. The van der Waals surface area contributed by atoms with Crippen LogP contribution in [0.2, 0.25) is 0 Å². The second kappa shape index (κ2) is 8.84. The van der Waals surface area contributed by atoms with E-state index in [0.29, 0.717) is 12.8 Å². The van der Waals surface area contributed by atoms with Gasteiger partial charge in [0.15, 0.2) is 0 Å². The number of unbranched alkanes of at least 4 members (excludes halogenated alkanes) is 1. The van der Waals surface area contributed by atoms with Crippen molar-refractivity contribution >= 4 is 70.1 Å². The van der Waals surface area contributed by atoms with Crippen LogP contribution in [0.25, 0.3) is 0 Å². The Bertz CT molecular complexity index is 119. The second-order valence-electron chi connectivity index (χ2n) is 1.99. The van der Waals surface area contributed by atoms with E-state index in [0.717, 1.165) is 0 Å². The van der Waals surface area contributed by atoms with Gasteiger partial charge >= 0.3 is 11.9 Å². The van der Waals surface area contributed by atoms with E-state index in [1.54, 1.807) is 0 Å². The Balaban J connectivity index is 0. The minimum atomic E-state index is -0.870. The Morgan fingerprint density at radius 3 is 1.36 bits per heavy atom. The summed E-state index contributed by atoms with van der Waals surface area (Å²) in [5.74, 6) is -1.74. The molecule has 5 heteroatoms. The van der Waals surface area contributed by atoms with Gasteiger partial charge in [-0.25, -0.2) is 0 Å². The summed E-state index contributed by atoms with van der Waals surface area (Å²) < 4.78 is 0. The summed E-state index contributed by atoms with van der Waals surface area (Å²) in [6.45, 7) is 0. The predicted octanol–water partition coefficient (Wildman–Crippen LogP) is 0.335. The first kappa shape index (κ1) is 14.3. The summed E-state index contributed by atoms with van der Waals surface area (Å²) >= 11 is 0. The zero-order chi connectivity index (χ0) is 7.98. The molecule has 0 saturated heterocycles. The van der Waals surface area contributed by atoms with E-state index in [1.807, 2.05) is 0 Å². The molecule has 0 heterocycles. The molecule has 59 valence electrons. The first-order valence-electron chi connectivity index (χ1n) is 3.06. The van der Waals surface area contributed by atoms with Crippen LogP contribution in [-0.2, 0) is 9.59 Å². The van der Waals surface area contributed by atoms with Gasteiger partial charge in [0.1, 0.15) is 0 Å². The summed E-state index contributed by atoms with van der Waals surface area (Å²) in [5.41, 5.74) is 0. The fourth-order valence-corrected chi connectivity index (χ4v) is 0.552. The minimum absolute atomic E-state index is 0. The molecule has 0 bridgehead atoms. The molecule has 0 aliphatic carbocycles. The number of carboxylic acid groups (broad SMARTS) is 2.